The van der Waals surface area contributed by atoms with E-state index in [-0.39, 0.29) is 0 Å². The number of aromatic nitrogens is 4. The number of likely N-dealkylation sites (tertiary alicyclic amines) is 1. The molecule has 0 unspecified atom stereocenters. The molecule has 0 amide bonds. The molecule has 0 spiro atoms. The van der Waals surface area contributed by atoms with Crippen molar-refractivity contribution in [3.63, 3.8) is 0 Å². The van der Waals surface area contributed by atoms with Crippen molar-refractivity contribution < 1.29 is 0 Å². The summed E-state index contributed by atoms with van der Waals surface area (Å²) in [5, 5.41) is 7.27. The second-order valence-corrected chi connectivity index (χ2v) is 6.54. The summed E-state index contributed by atoms with van der Waals surface area (Å²) >= 11 is 0. The normalized spacial score (nSPS) is 22.6. The Morgan fingerprint density at radius 1 is 1.04 bits per heavy atom. The molecule has 1 N–H and O–H groups in total. The van der Waals surface area contributed by atoms with Crippen molar-refractivity contribution >= 4 is 5.95 Å². The SMILES string of the molecule is c1cc([C@H]2CCCCN2Cc2ccnc(N3CCCC3)n2)[nH]n1. The molecule has 2 fully saturated rings. The maximum atomic E-state index is 4.81. The van der Waals surface area contributed by atoms with Crippen LogP contribution >= 0.6 is 0 Å². The number of anilines is 1. The summed E-state index contributed by atoms with van der Waals surface area (Å²) in [7, 11) is 0. The number of nitrogens with one attached hydrogen (secondary N) is 1. The lowest BCUT2D eigenvalue weighted by Gasteiger charge is -2.34. The average molecular weight is 312 g/mol. The number of nitrogens with zero attached hydrogens (tertiary/aromatic N) is 5. The molecule has 0 bridgehead atoms. The fraction of sp³-hybridized carbons (Fsp3) is 0.588. The highest BCUT2D eigenvalue weighted by molar-refractivity contribution is 5.31. The Balaban J connectivity index is 1.50. The van der Waals surface area contributed by atoms with Crippen LogP contribution in [0.1, 0.15) is 49.5 Å². The Labute approximate surface area is 136 Å². The summed E-state index contributed by atoms with van der Waals surface area (Å²) in [6.45, 7) is 4.17. The van der Waals surface area contributed by atoms with Gasteiger partial charge >= 0.3 is 0 Å². The van der Waals surface area contributed by atoms with Crippen LogP contribution in [0.15, 0.2) is 24.5 Å². The fourth-order valence-electron chi connectivity index (χ4n) is 3.73. The van der Waals surface area contributed by atoms with Crippen molar-refractivity contribution in [1.29, 1.82) is 0 Å². The predicted molar refractivity (Wildman–Crippen MR) is 89.1 cm³/mol. The molecule has 23 heavy (non-hydrogen) atoms. The number of hydrogen-bond donors (Lipinski definition) is 1. The van der Waals surface area contributed by atoms with Crippen LogP contribution in [0.4, 0.5) is 5.95 Å². The summed E-state index contributed by atoms with van der Waals surface area (Å²) in [5.41, 5.74) is 2.34. The van der Waals surface area contributed by atoms with Crippen LogP contribution in [-0.2, 0) is 6.54 Å². The van der Waals surface area contributed by atoms with Gasteiger partial charge in [0.15, 0.2) is 0 Å². The standard InChI is InChI=1S/C17H24N6/c1-2-12-23(16(5-1)15-7-9-19-21-15)13-14-6-8-18-17(20-14)22-10-3-4-11-22/h6-9,16H,1-5,10-13H2,(H,19,21)/t16-/m1/s1. The molecule has 0 aliphatic carbocycles. The maximum absolute atomic E-state index is 4.81. The van der Waals surface area contributed by atoms with Crippen LogP contribution in [0, 0.1) is 0 Å². The molecule has 6 heteroatoms. The highest BCUT2D eigenvalue weighted by atomic mass is 15.3. The fourth-order valence-corrected chi connectivity index (χ4v) is 3.73. The second-order valence-electron chi connectivity index (χ2n) is 6.54. The molecule has 122 valence electrons. The summed E-state index contributed by atoms with van der Waals surface area (Å²) in [5.74, 6) is 0.898. The van der Waals surface area contributed by atoms with E-state index < -0.39 is 0 Å². The van der Waals surface area contributed by atoms with Gasteiger partial charge in [-0.2, -0.15) is 5.10 Å². The quantitative estimate of drug-likeness (QED) is 0.940. The van der Waals surface area contributed by atoms with Gasteiger partial charge < -0.3 is 4.90 Å². The second kappa shape index (κ2) is 6.66. The minimum Gasteiger partial charge on any atom is -0.341 e. The number of piperidine rings is 1. The monoisotopic (exact) mass is 312 g/mol. The van der Waals surface area contributed by atoms with E-state index in [1.807, 2.05) is 12.4 Å². The first-order valence-corrected chi connectivity index (χ1v) is 8.70. The lowest BCUT2D eigenvalue weighted by atomic mass is 9.99. The summed E-state index contributed by atoms with van der Waals surface area (Å²) in [6.07, 6.45) is 9.98. The molecule has 2 saturated heterocycles. The molecule has 0 aromatic carbocycles. The van der Waals surface area contributed by atoms with Gasteiger partial charge in [-0.1, -0.05) is 6.42 Å². The van der Waals surface area contributed by atoms with Crippen molar-refractivity contribution in [2.24, 2.45) is 0 Å². The van der Waals surface area contributed by atoms with Crippen LogP contribution in [0.3, 0.4) is 0 Å². The number of hydrogen-bond acceptors (Lipinski definition) is 5. The minimum atomic E-state index is 0.427. The van der Waals surface area contributed by atoms with Crippen LogP contribution in [0.5, 0.6) is 0 Å². The van der Waals surface area contributed by atoms with Gasteiger partial charge in [0, 0.05) is 32.0 Å². The molecule has 4 rings (SSSR count). The highest BCUT2D eigenvalue weighted by Crippen LogP contribution is 2.30. The third kappa shape index (κ3) is 3.22. The van der Waals surface area contributed by atoms with E-state index in [9.17, 15) is 0 Å². The van der Waals surface area contributed by atoms with Gasteiger partial charge in [-0.3, -0.25) is 10.00 Å². The molecule has 2 aromatic heterocycles. The first-order valence-electron chi connectivity index (χ1n) is 8.70. The molecule has 0 saturated carbocycles. The van der Waals surface area contributed by atoms with Crippen molar-refractivity contribution in [3.8, 4) is 0 Å². The van der Waals surface area contributed by atoms with E-state index in [0.717, 1.165) is 37.8 Å². The average Bonchev–Trinajstić information content (AvgIpc) is 3.30. The summed E-state index contributed by atoms with van der Waals surface area (Å²) in [6, 6.07) is 4.58. The van der Waals surface area contributed by atoms with Gasteiger partial charge in [-0.25, -0.2) is 9.97 Å². The van der Waals surface area contributed by atoms with Gasteiger partial charge in [0.1, 0.15) is 0 Å². The molecule has 1 atom stereocenters. The summed E-state index contributed by atoms with van der Waals surface area (Å²) < 4.78 is 0. The highest BCUT2D eigenvalue weighted by Gasteiger charge is 2.25. The maximum Gasteiger partial charge on any atom is 0.225 e. The topological polar surface area (TPSA) is 60.9 Å². The molecule has 0 radical (unpaired) electrons. The Morgan fingerprint density at radius 3 is 2.74 bits per heavy atom. The van der Waals surface area contributed by atoms with Gasteiger partial charge in [0.05, 0.1) is 17.4 Å². The van der Waals surface area contributed by atoms with Crippen molar-refractivity contribution in [3.05, 3.63) is 35.9 Å². The Hall–Kier alpha value is -1.95. The minimum absolute atomic E-state index is 0.427. The molecule has 2 aromatic rings. The lowest BCUT2D eigenvalue weighted by molar-refractivity contribution is 0.135. The Kier molecular flexibility index (Phi) is 4.24. The van der Waals surface area contributed by atoms with Crippen molar-refractivity contribution in [2.45, 2.75) is 44.7 Å². The molecular formula is C17H24N6. The van der Waals surface area contributed by atoms with Gasteiger partial charge in [0.2, 0.25) is 5.95 Å². The van der Waals surface area contributed by atoms with Crippen LogP contribution in [0.25, 0.3) is 0 Å². The van der Waals surface area contributed by atoms with Crippen LogP contribution in [-0.4, -0.2) is 44.7 Å². The van der Waals surface area contributed by atoms with E-state index in [0.29, 0.717) is 6.04 Å². The Morgan fingerprint density at radius 2 is 1.91 bits per heavy atom. The lowest BCUT2D eigenvalue weighted by Crippen LogP contribution is -2.33. The van der Waals surface area contributed by atoms with E-state index >= 15 is 0 Å². The zero-order valence-electron chi connectivity index (χ0n) is 13.5. The zero-order valence-corrected chi connectivity index (χ0v) is 13.5. The zero-order chi connectivity index (χ0) is 15.5. The molecule has 2 aliphatic rings. The smallest absolute Gasteiger partial charge is 0.225 e. The van der Waals surface area contributed by atoms with Crippen molar-refractivity contribution in [2.75, 3.05) is 24.5 Å². The predicted octanol–water partition coefficient (Wildman–Crippen LogP) is 2.53. The molecule has 4 heterocycles. The first kappa shape index (κ1) is 14.6. The Bertz CT molecular complexity index is 620. The van der Waals surface area contributed by atoms with E-state index in [4.69, 9.17) is 4.98 Å². The number of aromatic amines is 1. The van der Waals surface area contributed by atoms with Crippen LogP contribution in [0.2, 0.25) is 0 Å². The number of rotatable bonds is 4. The van der Waals surface area contributed by atoms with Gasteiger partial charge in [-0.05, 0) is 44.4 Å². The third-order valence-corrected chi connectivity index (χ3v) is 4.95. The largest absolute Gasteiger partial charge is 0.341 e. The number of H-pyrrole nitrogens is 1. The van der Waals surface area contributed by atoms with Crippen molar-refractivity contribution in [1.82, 2.24) is 25.1 Å². The van der Waals surface area contributed by atoms with Gasteiger partial charge in [0.25, 0.3) is 0 Å². The molecule has 6 nitrogen and oxygen atoms in total. The molecule has 2 aliphatic heterocycles. The summed E-state index contributed by atoms with van der Waals surface area (Å²) in [4.78, 5) is 14.1. The van der Waals surface area contributed by atoms with Gasteiger partial charge in [-0.15, -0.1) is 0 Å². The van der Waals surface area contributed by atoms with E-state index in [1.165, 1.54) is 37.8 Å². The van der Waals surface area contributed by atoms with E-state index in [2.05, 4.69) is 37.1 Å². The van der Waals surface area contributed by atoms with Crippen LogP contribution < -0.4 is 4.90 Å². The van der Waals surface area contributed by atoms with E-state index in [1.54, 1.807) is 0 Å². The molecular weight excluding hydrogens is 288 g/mol. The third-order valence-electron chi connectivity index (χ3n) is 4.95. The first-order chi connectivity index (χ1) is 11.4.